The van der Waals surface area contributed by atoms with Crippen LogP contribution in [0.3, 0.4) is 0 Å². The van der Waals surface area contributed by atoms with Gasteiger partial charge in [-0.05, 0) is 68.5 Å². The Hall–Kier alpha value is -2.28. The normalized spacial score (nSPS) is 20.5. The summed E-state index contributed by atoms with van der Waals surface area (Å²) in [5.74, 6) is -1.06. The zero-order chi connectivity index (χ0) is 17.4. The molecule has 2 aliphatic rings. The second-order valence-electron chi connectivity index (χ2n) is 7.35. The first kappa shape index (κ1) is 16.2. The Morgan fingerprint density at radius 1 is 1.24 bits per heavy atom. The number of aromatic nitrogens is 3. The van der Waals surface area contributed by atoms with Crippen molar-refractivity contribution in [2.45, 2.75) is 32.2 Å². The third-order valence-corrected chi connectivity index (χ3v) is 5.64. The van der Waals surface area contributed by atoms with Crippen molar-refractivity contribution in [1.29, 1.82) is 0 Å². The predicted molar refractivity (Wildman–Crippen MR) is 88.6 cm³/mol. The molecule has 0 atom stereocenters. The minimum absolute atomic E-state index is 0.137. The van der Waals surface area contributed by atoms with Gasteiger partial charge in [-0.15, -0.1) is 5.10 Å². The van der Waals surface area contributed by atoms with Gasteiger partial charge in [0.15, 0.2) is 0 Å². The van der Waals surface area contributed by atoms with Crippen LogP contribution in [0.4, 0.5) is 4.39 Å². The Morgan fingerprint density at radius 2 is 1.92 bits per heavy atom. The highest BCUT2D eigenvalue weighted by Gasteiger charge is 2.48. The third kappa shape index (κ3) is 3.28. The lowest BCUT2D eigenvalue weighted by atomic mass is 9.57. The van der Waals surface area contributed by atoms with Crippen molar-refractivity contribution in [2.75, 3.05) is 13.1 Å². The van der Waals surface area contributed by atoms with Crippen LogP contribution in [-0.2, 0) is 11.3 Å². The summed E-state index contributed by atoms with van der Waals surface area (Å²) in [7, 11) is 0. The fraction of sp³-hybridized carbons (Fsp3) is 0.500. The van der Waals surface area contributed by atoms with Crippen molar-refractivity contribution in [2.24, 2.45) is 11.3 Å². The van der Waals surface area contributed by atoms with Gasteiger partial charge in [0.05, 0.1) is 23.5 Å². The van der Waals surface area contributed by atoms with Gasteiger partial charge in [0.2, 0.25) is 0 Å². The maximum atomic E-state index is 13.0. The molecule has 2 fully saturated rings. The number of carbonyl (C=O) groups is 1. The van der Waals surface area contributed by atoms with Gasteiger partial charge in [-0.2, -0.15) is 0 Å². The van der Waals surface area contributed by atoms with E-state index in [0.29, 0.717) is 0 Å². The number of hydrogen-bond acceptors (Lipinski definition) is 4. The van der Waals surface area contributed by atoms with Gasteiger partial charge >= 0.3 is 5.97 Å². The molecular formula is C18H21FN4O2. The van der Waals surface area contributed by atoms with E-state index in [2.05, 4.69) is 15.2 Å². The van der Waals surface area contributed by atoms with Crippen molar-refractivity contribution in [3.8, 4) is 5.69 Å². The highest BCUT2D eigenvalue weighted by atomic mass is 19.1. The standard InChI is InChI=1S/C18H21FN4O2/c19-14-1-3-16(4-2-14)23-12-15(20-21-23)11-22-7-5-18(6-8-22)9-13(10-18)17(24)25/h1-4,12-13H,5-11H2,(H,24,25). The SMILES string of the molecule is O=C(O)C1CC2(CCN(Cc3cn(-c4ccc(F)cc4)nn3)CC2)C1. The van der Waals surface area contributed by atoms with E-state index in [1.165, 1.54) is 12.1 Å². The minimum atomic E-state index is -0.648. The van der Waals surface area contributed by atoms with Crippen molar-refractivity contribution >= 4 is 5.97 Å². The topological polar surface area (TPSA) is 71.2 Å². The number of nitrogens with zero attached hydrogens (tertiary/aromatic N) is 4. The Morgan fingerprint density at radius 3 is 2.56 bits per heavy atom. The van der Waals surface area contributed by atoms with Crippen molar-refractivity contribution in [1.82, 2.24) is 19.9 Å². The zero-order valence-corrected chi connectivity index (χ0v) is 13.9. The van der Waals surface area contributed by atoms with Crippen LogP contribution in [-0.4, -0.2) is 44.1 Å². The molecule has 2 heterocycles. The third-order valence-electron chi connectivity index (χ3n) is 5.64. The number of aliphatic carboxylic acids is 1. The number of carboxylic acids is 1. The summed E-state index contributed by atoms with van der Waals surface area (Å²) in [6, 6.07) is 6.16. The second kappa shape index (κ2) is 6.22. The lowest BCUT2D eigenvalue weighted by Crippen LogP contribution is -2.48. The van der Waals surface area contributed by atoms with Gasteiger partial charge < -0.3 is 5.11 Å². The summed E-state index contributed by atoms with van der Waals surface area (Å²) >= 11 is 0. The number of halogens is 1. The number of piperidine rings is 1. The Labute approximate surface area is 145 Å². The lowest BCUT2D eigenvalue weighted by Gasteiger charge is -2.50. The fourth-order valence-corrected chi connectivity index (χ4v) is 4.07. The molecule has 1 saturated carbocycles. The van der Waals surface area contributed by atoms with Crippen LogP contribution >= 0.6 is 0 Å². The van der Waals surface area contributed by atoms with Crippen molar-refractivity contribution in [3.63, 3.8) is 0 Å². The number of carboxylic acid groups (broad SMARTS) is 1. The summed E-state index contributed by atoms with van der Waals surface area (Å²) in [6.07, 6.45) is 5.65. The number of rotatable bonds is 4. The highest BCUT2D eigenvalue weighted by molar-refractivity contribution is 5.71. The quantitative estimate of drug-likeness (QED) is 0.923. The van der Waals surface area contributed by atoms with E-state index in [9.17, 15) is 9.18 Å². The molecular weight excluding hydrogens is 323 g/mol. The van der Waals surface area contributed by atoms with Gasteiger partial charge in [0, 0.05) is 6.54 Å². The minimum Gasteiger partial charge on any atom is -0.481 e. The van der Waals surface area contributed by atoms with E-state index in [0.717, 1.165) is 56.7 Å². The number of hydrogen-bond donors (Lipinski definition) is 1. The average Bonchev–Trinajstić information content (AvgIpc) is 3.02. The zero-order valence-electron chi connectivity index (χ0n) is 13.9. The first-order valence-electron chi connectivity index (χ1n) is 8.65. The van der Waals surface area contributed by atoms with Gasteiger partial charge in [0.25, 0.3) is 0 Å². The van der Waals surface area contributed by atoms with Crippen LogP contribution in [0, 0.1) is 17.2 Å². The molecule has 1 aromatic carbocycles. The smallest absolute Gasteiger partial charge is 0.306 e. The molecule has 2 aromatic rings. The molecule has 0 bridgehead atoms. The molecule has 1 aliphatic carbocycles. The molecule has 132 valence electrons. The van der Waals surface area contributed by atoms with Gasteiger partial charge in [-0.1, -0.05) is 5.21 Å². The second-order valence-corrected chi connectivity index (χ2v) is 7.35. The fourth-order valence-electron chi connectivity index (χ4n) is 4.07. The molecule has 1 spiro atoms. The maximum absolute atomic E-state index is 13.0. The molecule has 1 aromatic heterocycles. The summed E-state index contributed by atoms with van der Waals surface area (Å²) in [5, 5.41) is 17.4. The van der Waals surface area contributed by atoms with E-state index in [4.69, 9.17) is 5.11 Å². The highest BCUT2D eigenvalue weighted by Crippen LogP contribution is 2.52. The predicted octanol–water partition coefficient (Wildman–Crippen LogP) is 2.48. The Kier molecular flexibility index (Phi) is 4.03. The molecule has 6 nitrogen and oxygen atoms in total. The first-order valence-corrected chi connectivity index (χ1v) is 8.65. The first-order chi connectivity index (χ1) is 12.0. The summed E-state index contributed by atoms with van der Waals surface area (Å²) in [4.78, 5) is 13.3. The summed E-state index contributed by atoms with van der Waals surface area (Å²) in [5.41, 5.74) is 1.93. The number of benzene rings is 1. The van der Waals surface area contributed by atoms with Gasteiger partial charge in [0.1, 0.15) is 5.82 Å². The van der Waals surface area contributed by atoms with Crippen LogP contribution in [0.2, 0.25) is 0 Å². The molecule has 0 radical (unpaired) electrons. The average molecular weight is 344 g/mol. The van der Waals surface area contributed by atoms with Crippen LogP contribution in [0.25, 0.3) is 5.69 Å². The summed E-state index contributed by atoms with van der Waals surface area (Å²) < 4.78 is 14.7. The molecule has 25 heavy (non-hydrogen) atoms. The van der Waals surface area contributed by atoms with E-state index < -0.39 is 5.97 Å². The Balaban J connectivity index is 1.32. The molecule has 1 N–H and O–H groups in total. The van der Waals surface area contributed by atoms with Gasteiger partial charge in [-0.25, -0.2) is 9.07 Å². The van der Waals surface area contributed by atoms with Gasteiger partial charge in [-0.3, -0.25) is 9.69 Å². The monoisotopic (exact) mass is 344 g/mol. The molecule has 0 amide bonds. The molecule has 7 heteroatoms. The molecule has 1 saturated heterocycles. The lowest BCUT2D eigenvalue weighted by molar-refractivity contribution is -0.152. The Bertz CT molecular complexity index is 758. The van der Waals surface area contributed by atoms with Crippen molar-refractivity contribution in [3.05, 3.63) is 42.0 Å². The summed E-state index contributed by atoms with van der Waals surface area (Å²) in [6.45, 7) is 2.67. The van der Waals surface area contributed by atoms with Crippen LogP contribution in [0.15, 0.2) is 30.5 Å². The van der Waals surface area contributed by atoms with Crippen molar-refractivity contribution < 1.29 is 14.3 Å². The number of likely N-dealkylation sites (tertiary alicyclic amines) is 1. The van der Waals surface area contributed by atoms with E-state index in [-0.39, 0.29) is 17.2 Å². The van der Waals surface area contributed by atoms with E-state index in [1.54, 1.807) is 16.8 Å². The molecule has 4 rings (SSSR count). The van der Waals surface area contributed by atoms with Crippen LogP contribution < -0.4 is 0 Å². The maximum Gasteiger partial charge on any atom is 0.306 e. The molecule has 0 unspecified atom stereocenters. The van der Waals surface area contributed by atoms with E-state index >= 15 is 0 Å². The van der Waals surface area contributed by atoms with Crippen LogP contribution in [0.5, 0.6) is 0 Å². The molecule has 1 aliphatic heterocycles. The largest absolute Gasteiger partial charge is 0.481 e. The van der Waals surface area contributed by atoms with Crippen LogP contribution in [0.1, 0.15) is 31.4 Å². The van der Waals surface area contributed by atoms with E-state index in [1.807, 2.05) is 6.20 Å².